The van der Waals surface area contributed by atoms with Gasteiger partial charge in [-0.05, 0) is 77.0 Å². The molecule has 0 aromatic rings. The van der Waals surface area contributed by atoms with E-state index in [1.54, 1.807) is 0 Å². The van der Waals surface area contributed by atoms with Crippen molar-refractivity contribution in [3.8, 4) is 0 Å². The molecule has 0 aromatic carbocycles. The molecule has 7 rings (SSSR count). The summed E-state index contributed by atoms with van der Waals surface area (Å²) < 4.78 is 36.3. The minimum absolute atomic E-state index is 1.19. The van der Waals surface area contributed by atoms with Gasteiger partial charge in [0, 0.05) is 78.5 Å². The highest BCUT2D eigenvalue weighted by Crippen LogP contribution is 2.84. The van der Waals surface area contributed by atoms with Gasteiger partial charge in [0.1, 0.15) is 0 Å². The number of piperidine rings is 2. The van der Waals surface area contributed by atoms with Crippen LogP contribution in [0.5, 0.6) is 0 Å². The first-order chi connectivity index (χ1) is 18.8. The molecule has 0 saturated carbocycles. The molecule has 0 bridgehead atoms. The van der Waals surface area contributed by atoms with Gasteiger partial charge in [-0.15, -0.1) is 0 Å². The van der Waals surface area contributed by atoms with E-state index in [1.165, 1.54) is 168 Å². The second kappa shape index (κ2) is 11.6. The van der Waals surface area contributed by atoms with Crippen LogP contribution in [-0.4, -0.2) is 107 Å². The van der Waals surface area contributed by atoms with Crippen molar-refractivity contribution >= 4 is 22.5 Å². The standard InChI is InChI=1S/C26H52N9P3/c1-3-15-30(16-4-1)36(32-19-7-8-20-32)27-37(33-21-9-10-22-33,31-17-5-2-6-18-31)29-38(28-36,34-23-11-12-24-34)35-25-13-14-26-35/h1-26H2. The molecule has 0 spiro atoms. The fraction of sp³-hybridized carbons (Fsp3) is 1.00. The smallest absolute Gasteiger partial charge is 0.221 e. The van der Waals surface area contributed by atoms with Crippen LogP contribution in [0.3, 0.4) is 0 Å². The fourth-order valence-corrected chi connectivity index (χ4v) is 24.6. The summed E-state index contributed by atoms with van der Waals surface area (Å²) in [6.07, 6.45) is 18.5. The molecule has 0 radical (unpaired) electrons. The quantitative estimate of drug-likeness (QED) is 0.309. The average Bonchev–Trinajstić information content (AvgIpc) is 3.82. The van der Waals surface area contributed by atoms with Crippen molar-refractivity contribution in [1.82, 2.24) is 28.0 Å². The molecule has 6 saturated heterocycles. The Hall–Kier alpha value is 0.450. The van der Waals surface area contributed by atoms with E-state index in [0.29, 0.717) is 0 Å². The van der Waals surface area contributed by atoms with Crippen molar-refractivity contribution in [3.63, 3.8) is 0 Å². The van der Waals surface area contributed by atoms with Crippen molar-refractivity contribution in [2.75, 3.05) is 78.5 Å². The predicted octanol–water partition coefficient (Wildman–Crippen LogP) is 7.19. The Bertz CT molecular complexity index is 938. The van der Waals surface area contributed by atoms with E-state index >= 15 is 0 Å². The molecule has 2 atom stereocenters. The third-order valence-corrected chi connectivity index (χ3v) is 22.7. The molecule has 0 N–H and O–H groups in total. The van der Waals surface area contributed by atoms with Crippen LogP contribution in [0.25, 0.3) is 0 Å². The molecule has 9 nitrogen and oxygen atoms in total. The number of nitrogens with zero attached hydrogens (tertiary/aromatic N) is 9. The molecule has 2 unspecified atom stereocenters. The SMILES string of the molecule is C1CCN(P2(N3CCCC3)=NP(N3CCCCC3)(N3CCCC3)=NP(N3CCCC3)(N3CCCC3)=N2)CC1. The van der Waals surface area contributed by atoms with Gasteiger partial charge in [-0.3, -0.25) is 0 Å². The average molecular weight is 584 g/mol. The van der Waals surface area contributed by atoms with E-state index in [4.69, 9.17) is 13.5 Å². The Kier molecular flexibility index (Phi) is 8.34. The van der Waals surface area contributed by atoms with Crippen molar-refractivity contribution in [1.29, 1.82) is 0 Å². The van der Waals surface area contributed by atoms with Crippen LogP contribution >= 0.6 is 22.5 Å². The minimum atomic E-state index is -2.23. The monoisotopic (exact) mass is 583 g/mol. The molecule has 7 aliphatic heterocycles. The van der Waals surface area contributed by atoms with Gasteiger partial charge in [-0.25, -0.2) is 28.0 Å². The fourth-order valence-electron chi connectivity index (χ4n) is 7.92. The Labute approximate surface area is 232 Å². The summed E-state index contributed by atoms with van der Waals surface area (Å²) in [5, 5.41) is 0. The summed E-state index contributed by atoms with van der Waals surface area (Å²) in [6.45, 7) is 14.3. The highest BCUT2D eigenvalue weighted by Gasteiger charge is 2.53. The molecule has 7 heterocycles. The van der Waals surface area contributed by atoms with Crippen molar-refractivity contribution < 1.29 is 0 Å². The number of hydrogen-bond acceptors (Lipinski definition) is 9. The van der Waals surface area contributed by atoms with Crippen molar-refractivity contribution in [3.05, 3.63) is 0 Å². The lowest BCUT2D eigenvalue weighted by Crippen LogP contribution is -2.39. The largest absolute Gasteiger partial charge is 0.240 e. The molecule has 0 aliphatic carbocycles. The zero-order valence-corrected chi connectivity index (χ0v) is 26.4. The molecule has 12 heteroatoms. The van der Waals surface area contributed by atoms with Gasteiger partial charge >= 0.3 is 0 Å². The van der Waals surface area contributed by atoms with Gasteiger partial charge in [0.25, 0.3) is 0 Å². The lowest BCUT2D eigenvalue weighted by atomic mass is 10.2. The first-order valence-corrected chi connectivity index (χ1v) is 21.0. The molecular weight excluding hydrogens is 531 g/mol. The Morgan fingerprint density at radius 2 is 0.395 bits per heavy atom. The van der Waals surface area contributed by atoms with Crippen LogP contribution in [0.1, 0.15) is 89.9 Å². The minimum Gasteiger partial charge on any atom is -0.240 e. The summed E-state index contributed by atoms with van der Waals surface area (Å²) in [5.41, 5.74) is 0. The summed E-state index contributed by atoms with van der Waals surface area (Å²) in [4.78, 5) is 0. The maximum atomic E-state index is 6.36. The highest BCUT2D eigenvalue weighted by molar-refractivity contribution is 7.83. The van der Waals surface area contributed by atoms with Gasteiger partial charge < -0.3 is 0 Å². The zero-order chi connectivity index (χ0) is 25.5. The molecule has 7 aliphatic rings. The van der Waals surface area contributed by atoms with Crippen LogP contribution < -0.4 is 0 Å². The molecule has 6 fully saturated rings. The van der Waals surface area contributed by atoms with E-state index < -0.39 is 22.5 Å². The molecule has 216 valence electrons. The molecular formula is C26H52N9P3. The number of hydrogen-bond donors (Lipinski definition) is 0. The van der Waals surface area contributed by atoms with E-state index in [-0.39, 0.29) is 0 Å². The molecule has 0 amide bonds. The third-order valence-electron chi connectivity index (χ3n) is 9.99. The summed E-state index contributed by atoms with van der Waals surface area (Å²) in [5.74, 6) is 0. The van der Waals surface area contributed by atoms with Gasteiger partial charge in [0.15, 0.2) is 0 Å². The van der Waals surface area contributed by atoms with Gasteiger partial charge in [0.2, 0.25) is 22.5 Å². The number of rotatable bonds is 6. The summed E-state index contributed by atoms with van der Waals surface area (Å²) in [6, 6.07) is 0. The van der Waals surface area contributed by atoms with E-state index in [0.717, 1.165) is 0 Å². The first kappa shape index (κ1) is 27.3. The Balaban J connectivity index is 1.53. The first-order valence-electron chi connectivity index (χ1n) is 16.2. The van der Waals surface area contributed by atoms with E-state index in [2.05, 4.69) is 28.0 Å². The Morgan fingerprint density at radius 1 is 0.237 bits per heavy atom. The third kappa shape index (κ3) is 4.73. The maximum absolute atomic E-state index is 6.36. The van der Waals surface area contributed by atoms with Crippen LogP contribution in [0, 0.1) is 0 Å². The second-order valence-electron chi connectivity index (χ2n) is 12.6. The lowest BCUT2D eigenvalue weighted by Gasteiger charge is -2.52. The van der Waals surface area contributed by atoms with Crippen molar-refractivity contribution in [2.45, 2.75) is 89.9 Å². The maximum Gasteiger partial charge on any atom is 0.221 e. The van der Waals surface area contributed by atoms with E-state index in [1.807, 2.05) is 0 Å². The van der Waals surface area contributed by atoms with Crippen LogP contribution in [0.15, 0.2) is 13.5 Å². The normalized spacial score (nSPS) is 38.8. The van der Waals surface area contributed by atoms with Crippen LogP contribution in [0.4, 0.5) is 0 Å². The molecule has 0 aromatic heterocycles. The van der Waals surface area contributed by atoms with E-state index in [9.17, 15) is 0 Å². The summed E-state index contributed by atoms with van der Waals surface area (Å²) >= 11 is 0. The Morgan fingerprint density at radius 3 is 0.579 bits per heavy atom. The van der Waals surface area contributed by atoms with Gasteiger partial charge in [-0.2, -0.15) is 13.5 Å². The van der Waals surface area contributed by atoms with Crippen LogP contribution in [0.2, 0.25) is 0 Å². The van der Waals surface area contributed by atoms with Crippen molar-refractivity contribution in [2.24, 2.45) is 13.5 Å². The van der Waals surface area contributed by atoms with Crippen LogP contribution in [-0.2, 0) is 0 Å². The second-order valence-corrected chi connectivity index (χ2v) is 21.3. The highest BCUT2D eigenvalue weighted by atomic mass is 31.3. The zero-order valence-electron chi connectivity index (χ0n) is 23.8. The topological polar surface area (TPSA) is 56.5 Å². The van der Waals surface area contributed by atoms with Gasteiger partial charge in [0.05, 0.1) is 0 Å². The summed E-state index contributed by atoms with van der Waals surface area (Å²) in [7, 11) is -6.66. The lowest BCUT2D eigenvalue weighted by molar-refractivity contribution is 0.333. The predicted molar refractivity (Wildman–Crippen MR) is 162 cm³/mol. The van der Waals surface area contributed by atoms with Gasteiger partial charge in [-0.1, -0.05) is 12.8 Å². The molecule has 38 heavy (non-hydrogen) atoms.